The summed E-state index contributed by atoms with van der Waals surface area (Å²) in [5, 5.41) is 6.86. The molecule has 0 fully saturated rings. The molecule has 0 aliphatic heterocycles. The zero-order valence-corrected chi connectivity index (χ0v) is 14.8. The van der Waals surface area contributed by atoms with Crippen molar-refractivity contribution in [3.05, 3.63) is 41.7 Å². The monoisotopic (exact) mass is 354 g/mol. The van der Waals surface area contributed by atoms with Gasteiger partial charge in [0.1, 0.15) is 5.54 Å². The fraction of sp³-hybridized carbons (Fsp3) is 0.412. The van der Waals surface area contributed by atoms with Crippen LogP contribution >= 0.6 is 0 Å². The van der Waals surface area contributed by atoms with E-state index in [1.165, 1.54) is 15.6 Å². The lowest BCUT2D eigenvalue weighted by Crippen LogP contribution is -2.40. The highest BCUT2D eigenvalue weighted by molar-refractivity contribution is 5.98. The third-order valence-electron chi connectivity index (χ3n) is 3.90. The number of anilines is 2. The lowest BCUT2D eigenvalue weighted by molar-refractivity contribution is -0.137. The van der Waals surface area contributed by atoms with Crippen molar-refractivity contribution < 1.29 is 18.0 Å². The third-order valence-corrected chi connectivity index (χ3v) is 3.90. The van der Waals surface area contributed by atoms with E-state index in [9.17, 15) is 18.0 Å². The number of benzene rings is 1. The molecule has 0 aliphatic rings. The summed E-state index contributed by atoms with van der Waals surface area (Å²) in [7, 11) is 3.24. The standard InChI is InChI=1S/C17H21F3N4O/c1-11-9-21-24(10-11)16(2,3)15(25)22-13-7-6-12(17(18,19)20)8-14(13)23(4)5/h6-10H,1-5H3,(H,22,25). The predicted octanol–water partition coefficient (Wildman–Crippen LogP) is 3.65. The first-order valence-corrected chi connectivity index (χ1v) is 7.64. The van der Waals surface area contributed by atoms with Crippen molar-refractivity contribution in [1.29, 1.82) is 0 Å². The maximum atomic E-state index is 12.9. The average molecular weight is 354 g/mol. The van der Waals surface area contributed by atoms with Crippen LogP contribution in [0.4, 0.5) is 24.5 Å². The van der Waals surface area contributed by atoms with Crippen LogP contribution in [0, 0.1) is 6.92 Å². The first kappa shape index (κ1) is 18.8. The second kappa shape index (κ2) is 6.42. The van der Waals surface area contributed by atoms with Crippen molar-refractivity contribution in [2.45, 2.75) is 32.5 Å². The summed E-state index contributed by atoms with van der Waals surface area (Å²) in [6, 6.07) is 3.23. The zero-order valence-electron chi connectivity index (χ0n) is 14.8. The van der Waals surface area contributed by atoms with E-state index in [0.29, 0.717) is 5.69 Å². The Morgan fingerprint density at radius 2 is 1.88 bits per heavy atom. The second-order valence-corrected chi connectivity index (χ2v) is 6.60. The highest BCUT2D eigenvalue weighted by Crippen LogP contribution is 2.35. The molecule has 0 radical (unpaired) electrons. The SMILES string of the molecule is Cc1cnn(C(C)(C)C(=O)Nc2ccc(C(F)(F)F)cc2N(C)C)c1. The van der Waals surface area contributed by atoms with Gasteiger partial charge in [-0.15, -0.1) is 0 Å². The molecule has 25 heavy (non-hydrogen) atoms. The smallest absolute Gasteiger partial charge is 0.376 e. The number of nitrogens with zero attached hydrogens (tertiary/aromatic N) is 3. The van der Waals surface area contributed by atoms with E-state index in [1.807, 2.05) is 6.92 Å². The summed E-state index contributed by atoms with van der Waals surface area (Å²) in [6.45, 7) is 5.24. The fourth-order valence-electron chi connectivity index (χ4n) is 2.28. The molecule has 1 heterocycles. The van der Waals surface area contributed by atoms with Crippen molar-refractivity contribution in [2.24, 2.45) is 0 Å². The van der Waals surface area contributed by atoms with E-state index in [-0.39, 0.29) is 11.6 Å². The average Bonchev–Trinajstić information content (AvgIpc) is 2.93. The van der Waals surface area contributed by atoms with E-state index < -0.39 is 17.3 Å². The molecule has 5 nitrogen and oxygen atoms in total. The Hall–Kier alpha value is -2.51. The van der Waals surface area contributed by atoms with Gasteiger partial charge in [0.25, 0.3) is 5.91 Å². The number of amides is 1. The van der Waals surface area contributed by atoms with Crippen molar-refractivity contribution in [2.75, 3.05) is 24.3 Å². The molecule has 0 atom stereocenters. The number of nitrogens with one attached hydrogen (secondary N) is 1. The van der Waals surface area contributed by atoms with Gasteiger partial charge < -0.3 is 10.2 Å². The highest BCUT2D eigenvalue weighted by Gasteiger charge is 2.33. The summed E-state index contributed by atoms with van der Waals surface area (Å²) in [4.78, 5) is 14.2. The zero-order chi connectivity index (χ0) is 19.0. The molecule has 0 unspecified atom stereocenters. The summed E-state index contributed by atoms with van der Waals surface area (Å²) in [5.41, 5.74) is -0.281. The Bertz CT molecular complexity index is 778. The van der Waals surface area contributed by atoms with Crippen LogP contribution in [-0.4, -0.2) is 29.8 Å². The number of carbonyl (C=O) groups is 1. The van der Waals surface area contributed by atoms with Crippen LogP contribution in [-0.2, 0) is 16.5 Å². The van der Waals surface area contributed by atoms with Crippen molar-refractivity contribution in [1.82, 2.24) is 9.78 Å². The quantitative estimate of drug-likeness (QED) is 0.912. The van der Waals surface area contributed by atoms with E-state index >= 15 is 0 Å². The maximum absolute atomic E-state index is 12.9. The van der Waals surface area contributed by atoms with E-state index in [1.54, 1.807) is 40.3 Å². The maximum Gasteiger partial charge on any atom is 0.416 e. The first-order chi connectivity index (χ1) is 11.4. The van der Waals surface area contributed by atoms with Crippen molar-refractivity contribution in [3.63, 3.8) is 0 Å². The van der Waals surface area contributed by atoms with Crippen molar-refractivity contribution >= 4 is 17.3 Å². The molecule has 0 saturated carbocycles. The molecular formula is C17H21F3N4O. The molecule has 2 rings (SSSR count). The number of halogens is 3. The van der Waals surface area contributed by atoms with Gasteiger partial charge in [-0.1, -0.05) is 0 Å². The van der Waals surface area contributed by atoms with Crippen LogP contribution in [0.15, 0.2) is 30.6 Å². The molecule has 0 aliphatic carbocycles. The highest BCUT2D eigenvalue weighted by atomic mass is 19.4. The van der Waals surface area contributed by atoms with Gasteiger partial charge in [0.2, 0.25) is 0 Å². The number of hydrogen-bond acceptors (Lipinski definition) is 3. The topological polar surface area (TPSA) is 50.2 Å². The minimum atomic E-state index is -4.45. The van der Waals surface area contributed by atoms with Crippen LogP contribution in [0.3, 0.4) is 0 Å². The van der Waals surface area contributed by atoms with E-state index in [2.05, 4.69) is 10.4 Å². The first-order valence-electron chi connectivity index (χ1n) is 7.64. The van der Waals surface area contributed by atoms with E-state index in [4.69, 9.17) is 0 Å². The second-order valence-electron chi connectivity index (χ2n) is 6.60. The molecule has 0 saturated heterocycles. The van der Waals surface area contributed by atoms with Gasteiger partial charge >= 0.3 is 6.18 Å². The van der Waals surface area contributed by atoms with Gasteiger partial charge in [-0.25, -0.2) is 0 Å². The lowest BCUT2D eigenvalue weighted by Gasteiger charge is -2.26. The largest absolute Gasteiger partial charge is 0.416 e. The van der Waals surface area contributed by atoms with Crippen LogP contribution in [0.1, 0.15) is 25.0 Å². The Morgan fingerprint density at radius 1 is 1.24 bits per heavy atom. The predicted molar refractivity (Wildman–Crippen MR) is 90.7 cm³/mol. The minimum Gasteiger partial charge on any atom is -0.376 e. The Labute approximate surface area is 144 Å². The lowest BCUT2D eigenvalue weighted by atomic mass is 10.0. The molecule has 8 heteroatoms. The van der Waals surface area contributed by atoms with Gasteiger partial charge in [-0.3, -0.25) is 9.48 Å². The number of aryl methyl sites for hydroxylation is 1. The third kappa shape index (κ3) is 3.94. The normalized spacial score (nSPS) is 12.2. The molecular weight excluding hydrogens is 333 g/mol. The molecule has 2 aromatic rings. The van der Waals surface area contributed by atoms with E-state index in [0.717, 1.165) is 17.7 Å². The molecule has 136 valence electrons. The number of aromatic nitrogens is 2. The van der Waals surface area contributed by atoms with Crippen LogP contribution in [0.5, 0.6) is 0 Å². The van der Waals surface area contributed by atoms with Gasteiger partial charge in [0, 0.05) is 20.3 Å². The number of hydrogen-bond donors (Lipinski definition) is 1. The fourth-order valence-corrected chi connectivity index (χ4v) is 2.28. The van der Waals surface area contributed by atoms with Gasteiger partial charge in [-0.05, 0) is 44.5 Å². The Balaban J connectivity index is 2.34. The molecule has 0 bridgehead atoms. The molecule has 1 aromatic heterocycles. The molecule has 1 amide bonds. The molecule has 1 N–H and O–H groups in total. The van der Waals surface area contributed by atoms with Gasteiger partial charge in [0.05, 0.1) is 23.1 Å². The number of carbonyl (C=O) groups excluding carboxylic acids is 1. The Kier molecular flexibility index (Phi) is 4.83. The van der Waals surface area contributed by atoms with Crippen molar-refractivity contribution in [3.8, 4) is 0 Å². The summed E-state index contributed by atoms with van der Waals surface area (Å²) < 4.78 is 40.3. The van der Waals surface area contributed by atoms with Crippen LogP contribution < -0.4 is 10.2 Å². The molecule has 0 spiro atoms. The summed E-state index contributed by atoms with van der Waals surface area (Å²) in [5.74, 6) is -0.376. The van der Waals surface area contributed by atoms with Crippen LogP contribution in [0.2, 0.25) is 0 Å². The summed E-state index contributed by atoms with van der Waals surface area (Å²) >= 11 is 0. The minimum absolute atomic E-state index is 0.274. The molecule has 1 aromatic carbocycles. The van der Waals surface area contributed by atoms with Gasteiger partial charge in [0.15, 0.2) is 0 Å². The van der Waals surface area contributed by atoms with Gasteiger partial charge in [-0.2, -0.15) is 18.3 Å². The summed E-state index contributed by atoms with van der Waals surface area (Å²) in [6.07, 6.45) is -1.07. The number of alkyl halides is 3. The van der Waals surface area contributed by atoms with Crippen LogP contribution in [0.25, 0.3) is 0 Å². The Morgan fingerprint density at radius 3 is 2.36 bits per heavy atom. The number of rotatable bonds is 4.